The van der Waals surface area contributed by atoms with Crippen molar-refractivity contribution in [1.29, 1.82) is 0 Å². The van der Waals surface area contributed by atoms with Crippen LogP contribution in [0.25, 0.3) is 27.7 Å². The van der Waals surface area contributed by atoms with Crippen LogP contribution in [0.4, 0.5) is 0 Å². The second kappa shape index (κ2) is 6.16. The molecule has 0 unspecified atom stereocenters. The minimum absolute atomic E-state index is 0.852. The molecule has 3 aromatic carbocycles. The molecule has 0 aliphatic carbocycles. The van der Waals surface area contributed by atoms with Gasteiger partial charge in [-0.15, -0.1) is 0 Å². The van der Waals surface area contributed by atoms with Crippen LogP contribution >= 0.6 is 0 Å². The van der Waals surface area contributed by atoms with Gasteiger partial charge in [-0.05, 0) is 28.5 Å². The van der Waals surface area contributed by atoms with Crippen molar-refractivity contribution in [3.05, 3.63) is 108 Å². The molecule has 5 aromatic rings. The van der Waals surface area contributed by atoms with E-state index in [-0.39, 0.29) is 0 Å². The summed E-state index contributed by atoms with van der Waals surface area (Å²) in [7, 11) is 0. The third kappa shape index (κ3) is 2.47. The van der Waals surface area contributed by atoms with Gasteiger partial charge in [-0.3, -0.25) is 0 Å². The number of pyridine rings is 1. The lowest BCUT2D eigenvalue weighted by Crippen LogP contribution is -1.96. The molecule has 0 bridgehead atoms. The van der Waals surface area contributed by atoms with Crippen LogP contribution in [0.2, 0.25) is 0 Å². The fourth-order valence-electron chi connectivity index (χ4n) is 3.65. The average molecular weight is 334 g/mol. The van der Waals surface area contributed by atoms with E-state index in [2.05, 4.69) is 95.5 Å². The molecule has 2 heterocycles. The Morgan fingerprint density at radius 1 is 0.692 bits per heavy atom. The molecule has 0 N–H and O–H groups in total. The van der Waals surface area contributed by atoms with Crippen molar-refractivity contribution in [3.63, 3.8) is 0 Å². The van der Waals surface area contributed by atoms with Crippen LogP contribution in [0.5, 0.6) is 0 Å². The quantitative estimate of drug-likeness (QED) is 0.411. The fraction of sp³-hybridized carbons (Fsp3) is 0.0417. The molecule has 5 rings (SSSR count). The lowest BCUT2D eigenvalue weighted by molar-refractivity contribution is 1.03. The Kier molecular flexibility index (Phi) is 3.53. The zero-order valence-electron chi connectivity index (χ0n) is 14.3. The first-order chi connectivity index (χ1) is 12.9. The van der Waals surface area contributed by atoms with Gasteiger partial charge in [0, 0.05) is 18.2 Å². The summed E-state index contributed by atoms with van der Waals surface area (Å²) in [4.78, 5) is 4.99. The van der Waals surface area contributed by atoms with Crippen LogP contribution in [-0.4, -0.2) is 9.38 Å². The van der Waals surface area contributed by atoms with Crippen molar-refractivity contribution in [3.8, 4) is 11.3 Å². The minimum Gasteiger partial charge on any atom is -0.303 e. The van der Waals surface area contributed by atoms with Crippen molar-refractivity contribution in [2.75, 3.05) is 0 Å². The lowest BCUT2D eigenvalue weighted by Gasteiger charge is -2.08. The van der Waals surface area contributed by atoms with Crippen LogP contribution in [0, 0.1) is 0 Å². The maximum Gasteiger partial charge on any atom is 0.137 e. The van der Waals surface area contributed by atoms with E-state index in [0.717, 1.165) is 17.8 Å². The first-order valence-electron chi connectivity index (χ1n) is 8.88. The number of imidazole rings is 1. The van der Waals surface area contributed by atoms with Crippen molar-refractivity contribution < 1.29 is 0 Å². The summed E-state index contributed by atoms with van der Waals surface area (Å²) in [5.41, 5.74) is 5.76. The maximum absolute atomic E-state index is 4.99. The molecule has 0 spiro atoms. The van der Waals surface area contributed by atoms with Gasteiger partial charge in [0.2, 0.25) is 0 Å². The van der Waals surface area contributed by atoms with Crippen LogP contribution in [0.15, 0.2) is 97.2 Å². The van der Waals surface area contributed by atoms with E-state index >= 15 is 0 Å². The number of hydrogen-bond donors (Lipinski definition) is 0. The number of fused-ring (bicyclic) bond motifs is 2. The Balaban J connectivity index is 1.78. The summed E-state index contributed by atoms with van der Waals surface area (Å²) < 4.78 is 2.21. The van der Waals surface area contributed by atoms with Crippen molar-refractivity contribution in [2.45, 2.75) is 6.42 Å². The first kappa shape index (κ1) is 14.9. The van der Waals surface area contributed by atoms with E-state index in [1.165, 1.54) is 27.6 Å². The molecule has 0 amide bonds. The zero-order valence-corrected chi connectivity index (χ0v) is 14.3. The second-order valence-electron chi connectivity index (χ2n) is 6.53. The predicted octanol–water partition coefficient (Wildman–Crippen LogP) is 5.75. The lowest BCUT2D eigenvalue weighted by atomic mass is 9.99. The number of rotatable bonds is 3. The maximum atomic E-state index is 4.99. The van der Waals surface area contributed by atoms with Gasteiger partial charge in [0.05, 0.1) is 11.4 Å². The van der Waals surface area contributed by atoms with Crippen molar-refractivity contribution in [1.82, 2.24) is 9.38 Å². The van der Waals surface area contributed by atoms with E-state index in [1.54, 1.807) is 0 Å². The zero-order chi connectivity index (χ0) is 17.3. The minimum atomic E-state index is 0.852. The van der Waals surface area contributed by atoms with E-state index < -0.39 is 0 Å². The van der Waals surface area contributed by atoms with Crippen LogP contribution < -0.4 is 0 Å². The molecule has 0 saturated heterocycles. The summed E-state index contributed by atoms with van der Waals surface area (Å²) in [6, 6.07) is 31.8. The van der Waals surface area contributed by atoms with Crippen molar-refractivity contribution in [2.24, 2.45) is 0 Å². The Morgan fingerprint density at radius 2 is 1.46 bits per heavy atom. The van der Waals surface area contributed by atoms with E-state index in [0.29, 0.717) is 0 Å². The highest BCUT2D eigenvalue weighted by Crippen LogP contribution is 2.32. The molecule has 26 heavy (non-hydrogen) atoms. The summed E-state index contributed by atoms with van der Waals surface area (Å²) in [6.07, 6.45) is 2.96. The molecule has 0 aliphatic rings. The van der Waals surface area contributed by atoms with Gasteiger partial charge in [-0.1, -0.05) is 78.9 Å². The SMILES string of the molecule is c1ccc(Cc2c(-c3cccc4ccccc34)nc3ccccn23)cc1. The highest BCUT2D eigenvalue weighted by Gasteiger charge is 2.16. The molecule has 0 aliphatic heterocycles. The van der Waals surface area contributed by atoms with Gasteiger partial charge in [0.15, 0.2) is 0 Å². The van der Waals surface area contributed by atoms with Crippen LogP contribution in [-0.2, 0) is 6.42 Å². The average Bonchev–Trinajstić information content (AvgIpc) is 3.07. The monoisotopic (exact) mass is 334 g/mol. The van der Waals surface area contributed by atoms with Crippen LogP contribution in [0.1, 0.15) is 11.3 Å². The molecule has 2 nitrogen and oxygen atoms in total. The summed E-state index contributed by atoms with van der Waals surface area (Å²) >= 11 is 0. The predicted molar refractivity (Wildman–Crippen MR) is 107 cm³/mol. The molecule has 0 saturated carbocycles. The number of nitrogens with zero attached hydrogens (tertiary/aromatic N) is 2. The van der Waals surface area contributed by atoms with Gasteiger partial charge < -0.3 is 4.40 Å². The number of benzene rings is 3. The van der Waals surface area contributed by atoms with Gasteiger partial charge >= 0.3 is 0 Å². The molecule has 0 atom stereocenters. The summed E-state index contributed by atoms with van der Waals surface area (Å²) in [5, 5.41) is 2.49. The first-order valence-corrected chi connectivity index (χ1v) is 8.88. The molecule has 124 valence electrons. The molecule has 0 radical (unpaired) electrons. The summed E-state index contributed by atoms with van der Waals surface area (Å²) in [6.45, 7) is 0. The Hall–Kier alpha value is -3.39. The Labute approximate surface area is 152 Å². The highest BCUT2D eigenvalue weighted by molar-refractivity contribution is 5.96. The van der Waals surface area contributed by atoms with E-state index in [4.69, 9.17) is 4.98 Å². The van der Waals surface area contributed by atoms with Gasteiger partial charge in [-0.25, -0.2) is 4.98 Å². The topological polar surface area (TPSA) is 17.3 Å². The third-order valence-corrected chi connectivity index (χ3v) is 4.89. The van der Waals surface area contributed by atoms with E-state index in [1.807, 2.05) is 6.07 Å². The smallest absolute Gasteiger partial charge is 0.137 e. The van der Waals surface area contributed by atoms with Gasteiger partial charge in [-0.2, -0.15) is 0 Å². The highest BCUT2D eigenvalue weighted by atomic mass is 15.0. The number of aromatic nitrogens is 2. The van der Waals surface area contributed by atoms with Gasteiger partial charge in [0.25, 0.3) is 0 Å². The van der Waals surface area contributed by atoms with Crippen LogP contribution in [0.3, 0.4) is 0 Å². The Bertz CT molecular complexity index is 1200. The number of hydrogen-bond acceptors (Lipinski definition) is 1. The van der Waals surface area contributed by atoms with E-state index in [9.17, 15) is 0 Å². The second-order valence-corrected chi connectivity index (χ2v) is 6.53. The molecule has 0 fully saturated rings. The third-order valence-electron chi connectivity index (χ3n) is 4.89. The molecular weight excluding hydrogens is 316 g/mol. The Morgan fingerprint density at radius 3 is 2.38 bits per heavy atom. The molecule has 2 aromatic heterocycles. The summed E-state index contributed by atoms with van der Waals surface area (Å²) in [5.74, 6) is 0. The van der Waals surface area contributed by atoms with Gasteiger partial charge in [0.1, 0.15) is 5.65 Å². The standard InChI is InChI=1S/C24H18N2/c1-2-9-18(10-3-1)17-22-24(25-23-15-6-7-16-26(22)23)21-14-8-12-19-11-4-5-13-20(19)21/h1-16H,17H2. The fourth-order valence-corrected chi connectivity index (χ4v) is 3.65. The molecular formula is C24H18N2. The molecule has 2 heteroatoms. The largest absolute Gasteiger partial charge is 0.303 e. The van der Waals surface area contributed by atoms with Crippen molar-refractivity contribution >= 4 is 16.4 Å². The normalized spacial score (nSPS) is 11.2.